The van der Waals surface area contributed by atoms with Gasteiger partial charge >= 0.3 is 0 Å². The highest BCUT2D eigenvalue weighted by Gasteiger charge is 2.21. The Balaban J connectivity index is 3.19. The van der Waals surface area contributed by atoms with E-state index in [0.717, 1.165) is 5.69 Å². The molecule has 0 aliphatic heterocycles. The molecular weight excluding hydrogens is 228 g/mol. The van der Waals surface area contributed by atoms with Crippen LogP contribution in [0.25, 0.3) is 0 Å². The van der Waals surface area contributed by atoms with Crippen LogP contribution < -0.4 is 10.6 Å². The van der Waals surface area contributed by atoms with Gasteiger partial charge in [-0.1, -0.05) is 0 Å². The van der Waals surface area contributed by atoms with Crippen molar-refractivity contribution in [2.75, 3.05) is 18.0 Å². The second kappa shape index (κ2) is 5.35. The molecule has 0 amide bonds. The van der Waals surface area contributed by atoms with Crippen LogP contribution in [-0.4, -0.2) is 34.6 Å². The molecule has 4 N–H and O–H groups in total. The first-order valence-corrected chi connectivity index (χ1v) is 6.04. The maximum Gasteiger partial charge on any atom is 0.139 e. The topological polar surface area (TPSA) is 86.2 Å². The van der Waals surface area contributed by atoms with E-state index in [2.05, 4.69) is 4.98 Å². The van der Waals surface area contributed by atoms with Crippen molar-refractivity contribution in [3.63, 3.8) is 0 Å². The third kappa shape index (κ3) is 3.70. The number of nitrogens with two attached hydrogens (primary N) is 1. The summed E-state index contributed by atoms with van der Waals surface area (Å²) in [5.41, 5.74) is 6.22. The van der Waals surface area contributed by atoms with Crippen molar-refractivity contribution in [1.82, 2.24) is 4.98 Å². The second-order valence-electron chi connectivity index (χ2n) is 5.06. The van der Waals surface area contributed by atoms with Gasteiger partial charge in [-0.2, -0.15) is 0 Å². The molecule has 1 heterocycles. The third-order valence-corrected chi connectivity index (χ3v) is 2.56. The summed E-state index contributed by atoms with van der Waals surface area (Å²) in [5, 5.41) is 17.5. The Morgan fingerprint density at radius 2 is 2.11 bits per heavy atom. The van der Waals surface area contributed by atoms with Crippen LogP contribution >= 0.6 is 0 Å². The fourth-order valence-corrected chi connectivity index (χ4v) is 1.80. The number of amidine groups is 1. The SMILES string of the molecule is CCN(CC(C)(C)O)c1nc(C)ccc1C(=N)N. The number of rotatable bonds is 5. The highest BCUT2D eigenvalue weighted by Crippen LogP contribution is 2.20. The van der Waals surface area contributed by atoms with Crippen LogP contribution in [0, 0.1) is 12.3 Å². The van der Waals surface area contributed by atoms with Crippen LogP contribution in [-0.2, 0) is 0 Å². The molecule has 0 bridgehead atoms. The van der Waals surface area contributed by atoms with Crippen molar-refractivity contribution < 1.29 is 5.11 Å². The Hall–Kier alpha value is -1.62. The summed E-state index contributed by atoms with van der Waals surface area (Å²) in [5.74, 6) is 0.652. The van der Waals surface area contributed by atoms with Crippen molar-refractivity contribution in [3.8, 4) is 0 Å². The van der Waals surface area contributed by atoms with Gasteiger partial charge in [0.05, 0.1) is 11.2 Å². The molecular formula is C13H22N4O. The van der Waals surface area contributed by atoms with E-state index in [0.29, 0.717) is 24.5 Å². The Kier molecular flexibility index (Phi) is 4.29. The van der Waals surface area contributed by atoms with E-state index in [4.69, 9.17) is 11.1 Å². The van der Waals surface area contributed by atoms with Gasteiger partial charge in [-0.3, -0.25) is 5.41 Å². The molecule has 5 nitrogen and oxygen atoms in total. The molecule has 100 valence electrons. The summed E-state index contributed by atoms with van der Waals surface area (Å²) in [6, 6.07) is 3.63. The normalized spacial score (nSPS) is 11.4. The maximum atomic E-state index is 9.92. The Labute approximate surface area is 108 Å². The fourth-order valence-electron chi connectivity index (χ4n) is 1.80. The summed E-state index contributed by atoms with van der Waals surface area (Å²) in [7, 11) is 0. The van der Waals surface area contributed by atoms with E-state index < -0.39 is 5.60 Å². The summed E-state index contributed by atoms with van der Waals surface area (Å²) in [6.45, 7) is 8.52. The molecule has 0 fully saturated rings. The lowest BCUT2D eigenvalue weighted by molar-refractivity contribution is 0.0874. The van der Waals surface area contributed by atoms with Crippen LogP contribution in [0.4, 0.5) is 5.82 Å². The van der Waals surface area contributed by atoms with Gasteiger partial charge in [0.25, 0.3) is 0 Å². The number of nitrogens with one attached hydrogen (secondary N) is 1. The average Bonchev–Trinajstić information content (AvgIpc) is 2.24. The molecule has 0 aliphatic rings. The van der Waals surface area contributed by atoms with Crippen molar-refractivity contribution in [2.24, 2.45) is 5.73 Å². The first kappa shape index (κ1) is 14.4. The predicted octanol–water partition coefficient (Wildman–Crippen LogP) is 1.27. The van der Waals surface area contributed by atoms with Crippen molar-refractivity contribution in [3.05, 3.63) is 23.4 Å². The molecule has 0 saturated carbocycles. The smallest absolute Gasteiger partial charge is 0.139 e. The average molecular weight is 250 g/mol. The fraction of sp³-hybridized carbons (Fsp3) is 0.538. The van der Waals surface area contributed by atoms with Crippen LogP contribution in [0.1, 0.15) is 32.0 Å². The van der Waals surface area contributed by atoms with Crippen LogP contribution in [0.3, 0.4) is 0 Å². The molecule has 1 aromatic heterocycles. The van der Waals surface area contributed by atoms with Gasteiger partial charge in [0.2, 0.25) is 0 Å². The zero-order valence-electron chi connectivity index (χ0n) is 11.5. The highest BCUT2D eigenvalue weighted by molar-refractivity contribution is 5.99. The molecule has 0 radical (unpaired) electrons. The first-order chi connectivity index (χ1) is 8.24. The lowest BCUT2D eigenvalue weighted by Crippen LogP contribution is -2.40. The summed E-state index contributed by atoms with van der Waals surface area (Å²) < 4.78 is 0. The van der Waals surface area contributed by atoms with Gasteiger partial charge < -0.3 is 15.7 Å². The van der Waals surface area contributed by atoms with E-state index in [9.17, 15) is 5.11 Å². The number of likely N-dealkylation sites (N-methyl/N-ethyl adjacent to an activating group) is 1. The van der Waals surface area contributed by atoms with Gasteiger partial charge in [0.1, 0.15) is 11.7 Å². The predicted molar refractivity (Wildman–Crippen MR) is 74.2 cm³/mol. The second-order valence-corrected chi connectivity index (χ2v) is 5.06. The molecule has 0 spiro atoms. The minimum atomic E-state index is -0.824. The van der Waals surface area contributed by atoms with Crippen molar-refractivity contribution in [2.45, 2.75) is 33.3 Å². The lowest BCUT2D eigenvalue weighted by Gasteiger charge is -2.30. The van der Waals surface area contributed by atoms with Crippen LogP contribution in [0.5, 0.6) is 0 Å². The van der Waals surface area contributed by atoms with E-state index >= 15 is 0 Å². The molecule has 1 rings (SSSR count). The largest absolute Gasteiger partial charge is 0.389 e. The molecule has 1 aromatic rings. The first-order valence-electron chi connectivity index (χ1n) is 6.04. The zero-order chi connectivity index (χ0) is 13.9. The van der Waals surface area contributed by atoms with Crippen LogP contribution in [0.2, 0.25) is 0 Å². The van der Waals surface area contributed by atoms with Crippen LogP contribution in [0.15, 0.2) is 12.1 Å². The molecule has 5 heteroatoms. The monoisotopic (exact) mass is 250 g/mol. The Morgan fingerprint density at radius 1 is 1.50 bits per heavy atom. The highest BCUT2D eigenvalue weighted by atomic mass is 16.3. The van der Waals surface area contributed by atoms with Crippen molar-refractivity contribution >= 4 is 11.7 Å². The molecule has 0 unspecified atom stereocenters. The Bertz CT molecular complexity index is 437. The van der Waals surface area contributed by atoms with E-state index in [1.165, 1.54) is 0 Å². The molecule has 18 heavy (non-hydrogen) atoms. The quantitative estimate of drug-likeness (QED) is 0.542. The molecule has 0 saturated heterocycles. The standard InChI is InChI=1S/C13H22N4O/c1-5-17(8-13(3,4)18)12-10(11(14)15)7-6-9(2)16-12/h6-7,18H,5,8H2,1-4H3,(H3,14,15). The number of hydrogen-bond donors (Lipinski definition) is 3. The van der Waals surface area contributed by atoms with E-state index in [1.54, 1.807) is 19.9 Å². The number of hydrogen-bond acceptors (Lipinski definition) is 4. The van der Waals surface area contributed by atoms with Gasteiger partial charge in [0, 0.05) is 18.8 Å². The minimum Gasteiger partial charge on any atom is -0.389 e. The van der Waals surface area contributed by atoms with Gasteiger partial charge in [-0.25, -0.2) is 4.98 Å². The number of nitrogens with zero attached hydrogens (tertiary/aromatic N) is 2. The summed E-state index contributed by atoms with van der Waals surface area (Å²) >= 11 is 0. The number of pyridine rings is 1. The summed E-state index contributed by atoms with van der Waals surface area (Å²) in [4.78, 5) is 6.38. The number of anilines is 1. The van der Waals surface area contributed by atoms with Gasteiger partial charge in [0.15, 0.2) is 0 Å². The van der Waals surface area contributed by atoms with Gasteiger partial charge in [-0.15, -0.1) is 0 Å². The molecule has 0 atom stereocenters. The van der Waals surface area contributed by atoms with Gasteiger partial charge in [-0.05, 0) is 39.8 Å². The molecule has 0 aromatic carbocycles. The van der Waals surface area contributed by atoms with E-state index in [1.807, 2.05) is 24.8 Å². The third-order valence-electron chi connectivity index (χ3n) is 2.56. The number of aryl methyl sites for hydroxylation is 1. The zero-order valence-corrected chi connectivity index (χ0v) is 11.5. The lowest BCUT2D eigenvalue weighted by atomic mass is 10.1. The summed E-state index contributed by atoms with van der Waals surface area (Å²) in [6.07, 6.45) is 0. The van der Waals surface area contributed by atoms with Crippen molar-refractivity contribution in [1.29, 1.82) is 5.41 Å². The minimum absolute atomic E-state index is 0.00769. The maximum absolute atomic E-state index is 9.92. The number of nitrogen functional groups attached to an aromatic ring is 1. The molecule has 0 aliphatic carbocycles. The van der Waals surface area contributed by atoms with E-state index in [-0.39, 0.29) is 5.84 Å². The Morgan fingerprint density at radius 3 is 2.56 bits per heavy atom. The number of aromatic nitrogens is 1. The number of aliphatic hydroxyl groups is 1.